The van der Waals surface area contributed by atoms with Crippen LogP contribution in [-0.4, -0.2) is 57.5 Å². The Morgan fingerprint density at radius 1 is 1.04 bits per heavy atom. The second-order valence-corrected chi connectivity index (χ2v) is 5.02. The summed E-state index contributed by atoms with van der Waals surface area (Å²) in [5.74, 6) is 0.904. The maximum atomic E-state index is 11.6. The average Bonchev–Trinajstić information content (AvgIpc) is 3.26. The van der Waals surface area contributed by atoms with Crippen molar-refractivity contribution in [1.82, 2.24) is 0 Å². The summed E-state index contributed by atoms with van der Waals surface area (Å²) in [6.07, 6.45) is 1.61. The molecule has 24 heavy (non-hydrogen) atoms. The summed E-state index contributed by atoms with van der Waals surface area (Å²) in [7, 11) is 0. The minimum atomic E-state index is -0.362. The van der Waals surface area contributed by atoms with Crippen molar-refractivity contribution in [3.8, 4) is 0 Å². The minimum Gasteiger partial charge on any atom is -0.473 e. The average molecular weight is 338 g/mol. The zero-order valence-electron chi connectivity index (χ0n) is 13.6. The molecular weight excluding hydrogens is 316 g/mol. The number of carbonyl (C=O) groups is 1. The van der Waals surface area contributed by atoms with Gasteiger partial charge in [-0.1, -0.05) is 13.2 Å². The van der Waals surface area contributed by atoms with Gasteiger partial charge in [-0.15, -0.1) is 0 Å². The molecule has 0 amide bonds. The minimum absolute atomic E-state index is 0.0691. The monoisotopic (exact) mass is 338 g/mol. The van der Waals surface area contributed by atoms with E-state index in [-0.39, 0.29) is 24.9 Å². The number of hydrogen-bond donors (Lipinski definition) is 0. The molecule has 0 bridgehead atoms. The molecule has 8 nitrogen and oxygen atoms in total. The third-order valence-corrected chi connectivity index (χ3v) is 3.12. The SMILES string of the molecule is C=C(OCOCCCCC(=O)OC(=C)C1=NCCO1)C1=NCCO1. The molecule has 2 aliphatic heterocycles. The van der Waals surface area contributed by atoms with Gasteiger partial charge in [-0.2, -0.15) is 0 Å². The number of aliphatic imine (C=N–C) groups is 2. The topological polar surface area (TPSA) is 87.9 Å². The highest BCUT2D eigenvalue weighted by Crippen LogP contribution is 2.09. The zero-order chi connectivity index (χ0) is 17.2. The third-order valence-electron chi connectivity index (χ3n) is 3.12. The molecule has 0 unspecified atom stereocenters. The van der Waals surface area contributed by atoms with Gasteiger partial charge in [0, 0.05) is 6.42 Å². The molecule has 2 aliphatic rings. The summed E-state index contributed by atoms with van der Waals surface area (Å²) in [5.41, 5.74) is 0. The van der Waals surface area contributed by atoms with E-state index in [1.54, 1.807) is 0 Å². The second-order valence-electron chi connectivity index (χ2n) is 5.02. The van der Waals surface area contributed by atoms with Crippen LogP contribution in [0.25, 0.3) is 0 Å². The number of ether oxygens (including phenoxy) is 5. The Hall–Kier alpha value is -2.35. The van der Waals surface area contributed by atoms with Gasteiger partial charge in [-0.3, -0.25) is 4.79 Å². The lowest BCUT2D eigenvalue weighted by molar-refractivity contribution is -0.139. The van der Waals surface area contributed by atoms with Gasteiger partial charge in [0.2, 0.25) is 0 Å². The van der Waals surface area contributed by atoms with Crippen LogP contribution in [0.2, 0.25) is 0 Å². The molecule has 2 rings (SSSR count). The number of hydrogen-bond acceptors (Lipinski definition) is 8. The first-order chi connectivity index (χ1) is 11.7. The summed E-state index contributed by atoms with van der Waals surface area (Å²) in [4.78, 5) is 19.7. The fourth-order valence-electron chi connectivity index (χ4n) is 1.95. The Kier molecular flexibility index (Phi) is 7.28. The number of esters is 1. The predicted octanol–water partition coefficient (Wildman–Crippen LogP) is 1.58. The summed E-state index contributed by atoms with van der Waals surface area (Å²) in [6.45, 7) is 10.1. The molecule has 0 atom stereocenters. The van der Waals surface area contributed by atoms with E-state index in [1.165, 1.54) is 0 Å². The predicted molar refractivity (Wildman–Crippen MR) is 86.6 cm³/mol. The smallest absolute Gasteiger partial charge is 0.311 e. The van der Waals surface area contributed by atoms with Crippen molar-refractivity contribution in [1.29, 1.82) is 0 Å². The van der Waals surface area contributed by atoms with E-state index in [4.69, 9.17) is 23.7 Å². The lowest BCUT2D eigenvalue weighted by Gasteiger charge is -2.09. The van der Waals surface area contributed by atoms with E-state index in [2.05, 4.69) is 23.1 Å². The molecule has 0 aromatic rings. The molecule has 132 valence electrons. The van der Waals surface area contributed by atoms with Crippen LogP contribution in [0.3, 0.4) is 0 Å². The van der Waals surface area contributed by atoms with Gasteiger partial charge in [0.15, 0.2) is 18.3 Å². The van der Waals surface area contributed by atoms with E-state index in [1.807, 2.05) is 0 Å². The Labute approximate surface area is 140 Å². The highest BCUT2D eigenvalue weighted by molar-refractivity contribution is 5.94. The normalized spacial score (nSPS) is 15.8. The van der Waals surface area contributed by atoms with Crippen LogP contribution in [0.5, 0.6) is 0 Å². The van der Waals surface area contributed by atoms with Crippen molar-refractivity contribution in [2.45, 2.75) is 19.3 Å². The molecule has 0 aliphatic carbocycles. The first-order valence-electron chi connectivity index (χ1n) is 7.81. The Bertz CT molecular complexity index is 541. The third kappa shape index (κ3) is 6.04. The highest BCUT2D eigenvalue weighted by Gasteiger charge is 2.16. The fraction of sp³-hybridized carbons (Fsp3) is 0.562. The Morgan fingerprint density at radius 3 is 2.33 bits per heavy atom. The number of nitrogens with zero attached hydrogens (tertiary/aromatic N) is 2. The van der Waals surface area contributed by atoms with E-state index in [0.717, 1.165) is 0 Å². The van der Waals surface area contributed by atoms with Gasteiger partial charge >= 0.3 is 5.97 Å². The molecule has 0 spiro atoms. The molecule has 0 aromatic carbocycles. The zero-order valence-corrected chi connectivity index (χ0v) is 13.6. The molecule has 0 saturated carbocycles. The Balaban J connectivity index is 1.45. The van der Waals surface area contributed by atoms with E-state index >= 15 is 0 Å². The summed E-state index contributed by atoms with van der Waals surface area (Å²) in [6, 6.07) is 0. The van der Waals surface area contributed by atoms with E-state index in [0.29, 0.717) is 63.3 Å². The summed E-state index contributed by atoms with van der Waals surface area (Å²) in [5, 5.41) is 0. The molecule has 2 heterocycles. The van der Waals surface area contributed by atoms with Gasteiger partial charge < -0.3 is 23.7 Å². The molecule has 0 aromatic heterocycles. The highest BCUT2D eigenvalue weighted by atomic mass is 16.7. The maximum absolute atomic E-state index is 11.6. The van der Waals surface area contributed by atoms with Crippen LogP contribution in [0.1, 0.15) is 19.3 Å². The largest absolute Gasteiger partial charge is 0.473 e. The van der Waals surface area contributed by atoms with Crippen LogP contribution in [0, 0.1) is 0 Å². The molecule has 0 radical (unpaired) electrons. The summed E-state index contributed by atoms with van der Waals surface area (Å²) >= 11 is 0. The molecule has 8 heteroatoms. The lowest BCUT2D eigenvalue weighted by atomic mass is 10.2. The Morgan fingerprint density at radius 2 is 1.71 bits per heavy atom. The fourth-order valence-corrected chi connectivity index (χ4v) is 1.95. The molecule has 0 fully saturated rings. The van der Waals surface area contributed by atoms with Gasteiger partial charge in [0.1, 0.15) is 13.2 Å². The molecule has 0 N–H and O–H groups in total. The first kappa shape index (κ1) is 18.0. The van der Waals surface area contributed by atoms with Crippen molar-refractivity contribution < 1.29 is 28.5 Å². The van der Waals surface area contributed by atoms with Crippen LogP contribution in [-0.2, 0) is 28.5 Å². The second kappa shape index (κ2) is 9.71. The van der Waals surface area contributed by atoms with Crippen LogP contribution >= 0.6 is 0 Å². The van der Waals surface area contributed by atoms with Crippen molar-refractivity contribution in [2.75, 3.05) is 39.7 Å². The van der Waals surface area contributed by atoms with Crippen LogP contribution < -0.4 is 0 Å². The quantitative estimate of drug-likeness (QED) is 0.246. The van der Waals surface area contributed by atoms with E-state index in [9.17, 15) is 4.79 Å². The summed E-state index contributed by atoms with van der Waals surface area (Å²) < 4.78 is 26.0. The van der Waals surface area contributed by atoms with Crippen molar-refractivity contribution in [3.63, 3.8) is 0 Å². The maximum Gasteiger partial charge on any atom is 0.311 e. The van der Waals surface area contributed by atoms with Crippen molar-refractivity contribution in [3.05, 3.63) is 24.7 Å². The van der Waals surface area contributed by atoms with Crippen LogP contribution in [0.15, 0.2) is 34.7 Å². The number of carbonyl (C=O) groups excluding carboxylic acids is 1. The molecular formula is C16H22N2O6. The van der Waals surface area contributed by atoms with Gasteiger partial charge in [-0.05, 0) is 12.8 Å². The van der Waals surface area contributed by atoms with Crippen LogP contribution in [0.4, 0.5) is 0 Å². The van der Waals surface area contributed by atoms with Gasteiger partial charge in [-0.25, -0.2) is 9.98 Å². The van der Waals surface area contributed by atoms with Crippen molar-refractivity contribution in [2.24, 2.45) is 9.98 Å². The number of unbranched alkanes of at least 4 members (excludes halogenated alkanes) is 1. The van der Waals surface area contributed by atoms with Crippen molar-refractivity contribution >= 4 is 17.8 Å². The first-order valence-corrected chi connectivity index (χ1v) is 7.81. The van der Waals surface area contributed by atoms with Gasteiger partial charge in [0.05, 0.1) is 19.7 Å². The standard InChI is InChI=1S/C16H22N2O6/c1-12(15-17-6-9-21-15)23-11-20-8-4-3-5-14(19)24-13(2)16-18-7-10-22-16/h1-11H2. The van der Waals surface area contributed by atoms with Gasteiger partial charge in [0.25, 0.3) is 11.8 Å². The van der Waals surface area contributed by atoms with E-state index < -0.39 is 0 Å². The lowest BCUT2D eigenvalue weighted by Crippen LogP contribution is -2.12. The number of rotatable bonds is 11. The molecule has 0 saturated heterocycles.